The van der Waals surface area contributed by atoms with Crippen LogP contribution in [0.25, 0.3) is 0 Å². The fourth-order valence-corrected chi connectivity index (χ4v) is 3.39. The van der Waals surface area contributed by atoms with Gasteiger partial charge in [-0.15, -0.1) is 5.10 Å². The maximum absolute atomic E-state index is 12.6. The molecule has 2 saturated carbocycles. The number of hydrogen-bond donors (Lipinski definition) is 1. The standard InChI is InChI=1S/C14H20N4O2/c19-14(13-15-12(16-17-13)9-5-6-9)18-7-8-20-11-4-2-1-3-10(11)18/h9-11H,1-8H2,(H,15,16,17). The van der Waals surface area contributed by atoms with Crippen molar-refractivity contribution in [2.75, 3.05) is 13.2 Å². The Kier molecular flexibility index (Phi) is 2.98. The molecule has 6 nitrogen and oxygen atoms in total. The molecule has 108 valence electrons. The Morgan fingerprint density at radius 1 is 1.25 bits per heavy atom. The predicted molar refractivity (Wildman–Crippen MR) is 71.4 cm³/mol. The summed E-state index contributed by atoms with van der Waals surface area (Å²) in [7, 11) is 0. The molecule has 4 rings (SSSR count). The minimum atomic E-state index is -0.0339. The molecule has 1 amide bonds. The third-order valence-electron chi connectivity index (χ3n) is 4.65. The van der Waals surface area contributed by atoms with Gasteiger partial charge in [0.05, 0.1) is 18.8 Å². The number of carbonyl (C=O) groups is 1. The van der Waals surface area contributed by atoms with Crippen LogP contribution in [-0.2, 0) is 4.74 Å². The minimum absolute atomic E-state index is 0.0339. The van der Waals surface area contributed by atoms with Crippen LogP contribution in [0.5, 0.6) is 0 Å². The fourth-order valence-electron chi connectivity index (χ4n) is 3.39. The van der Waals surface area contributed by atoms with E-state index in [4.69, 9.17) is 4.74 Å². The molecule has 20 heavy (non-hydrogen) atoms. The van der Waals surface area contributed by atoms with Crippen LogP contribution in [0.3, 0.4) is 0 Å². The van der Waals surface area contributed by atoms with Gasteiger partial charge >= 0.3 is 0 Å². The topological polar surface area (TPSA) is 71.1 Å². The Morgan fingerprint density at radius 3 is 2.95 bits per heavy atom. The number of H-pyrrole nitrogens is 1. The molecule has 2 aliphatic carbocycles. The highest BCUT2D eigenvalue weighted by Crippen LogP contribution is 2.38. The molecular weight excluding hydrogens is 256 g/mol. The fraction of sp³-hybridized carbons (Fsp3) is 0.786. The lowest BCUT2D eigenvalue weighted by Gasteiger charge is -2.43. The lowest BCUT2D eigenvalue weighted by Crippen LogP contribution is -2.55. The van der Waals surface area contributed by atoms with E-state index in [1.807, 2.05) is 4.90 Å². The lowest BCUT2D eigenvalue weighted by molar-refractivity contribution is -0.0755. The highest BCUT2D eigenvalue weighted by Gasteiger charge is 2.38. The van der Waals surface area contributed by atoms with Crippen molar-refractivity contribution in [3.05, 3.63) is 11.6 Å². The zero-order valence-electron chi connectivity index (χ0n) is 11.5. The van der Waals surface area contributed by atoms with Gasteiger partial charge in [0, 0.05) is 12.5 Å². The van der Waals surface area contributed by atoms with E-state index < -0.39 is 0 Å². The molecule has 3 fully saturated rings. The summed E-state index contributed by atoms with van der Waals surface area (Å²) < 4.78 is 5.81. The summed E-state index contributed by atoms with van der Waals surface area (Å²) >= 11 is 0. The Hall–Kier alpha value is -1.43. The summed E-state index contributed by atoms with van der Waals surface area (Å²) in [5, 5.41) is 7.04. The summed E-state index contributed by atoms with van der Waals surface area (Å²) in [5.41, 5.74) is 0. The first-order valence-corrected chi connectivity index (χ1v) is 7.68. The number of morpholine rings is 1. The summed E-state index contributed by atoms with van der Waals surface area (Å²) in [6, 6.07) is 0.216. The van der Waals surface area contributed by atoms with Crippen LogP contribution in [-0.4, -0.2) is 51.3 Å². The molecule has 1 aromatic rings. The molecule has 0 bridgehead atoms. The van der Waals surface area contributed by atoms with Crippen LogP contribution in [0.1, 0.15) is 60.9 Å². The summed E-state index contributed by atoms with van der Waals surface area (Å²) in [4.78, 5) is 19.0. The van der Waals surface area contributed by atoms with Crippen LogP contribution in [0.2, 0.25) is 0 Å². The molecule has 1 N–H and O–H groups in total. The van der Waals surface area contributed by atoms with Gasteiger partial charge in [0.1, 0.15) is 5.82 Å². The van der Waals surface area contributed by atoms with Crippen molar-refractivity contribution in [2.45, 2.75) is 56.6 Å². The molecule has 1 saturated heterocycles. The first kappa shape index (κ1) is 12.3. The number of amides is 1. The van der Waals surface area contributed by atoms with E-state index >= 15 is 0 Å². The SMILES string of the molecule is O=C(c1n[nH]c(C2CC2)n1)N1CCOC2CCCCC21. The van der Waals surface area contributed by atoms with Gasteiger partial charge in [0.2, 0.25) is 5.82 Å². The zero-order valence-corrected chi connectivity index (χ0v) is 11.5. The average molecular weight is 276 g/mol. The molecule has 0 spiro atoms. The van der Waals surface area contributed by atoms with E-state index in [0.29, 0.717) is 24.9 Å². The molecule has 3 aliphatic rings. The molecule has 2 heterocycles. The van der Waals surface area contributed by atoms with Gasteiger partial charge in [-0.05, 0) is 25.7 Å². The third kappa shape index (κ3) is 2.12. The molecule has 1 aliphatic heterocycles. The van der Waals surface area contributed by atoms with Crippen molar-refractivity contribution in [1.29, 1.82) is 0 Å². The number of nitrogens with zero attached hydrogens (tertiary/aromatic N) is 3. The average Bonchev–Trinajstić information content (AvgIpc) is 3.23. The van der Waals surface area contributed by atoms with Gasteiger partial charge in [-0.1, -0.05) is 12.8 Å². The van der Waals surface area contributed by atoms with E-state index in [0.717, 1.165) is 31.5 Å². The van der Waals surface area contributed by atoms with Gasteiger partial charge in [0.15, 0.2) is 0 Å². The maximum Gasteiger partial charge on any atom is 0.293 e. The largest absolute Gasteiger partial charge is 0.374 e. The predicted octanol–water partition coefficient (Wildman–Crippen LogP) is 1.47. The van der Waals surface area contributed by atoms with Crippen molar-refractivity contribution < 1.29 is 9.53 Å². The third-order valence-corrected chi connectivity index (χ3v) is 4.65. The van der Waals surface area contributed by atoms with Crippen molar-refractivity contribution in [1.82, 2.24) is 20.1 Å². The Balaban J connectivity index is 1.53. The van der Waals surface area contributed by atoms with Gasteiger partial charge < -0.3 is 9.64 Å². The Labute approximate surface area is 117 Å². The summed E-state index contributed by atoms with van der Waals surface area (Å²) in [6.45, 7) is 1.29. The Morgan fingerprint density at radius 2 is 2.10 bits per heavy atom. The number of aromatic amines is 1. The van der Waals surface area contributed by atoms with Crippen molar-refractivity contribution >= 4 is 5.91 Å². The highest BCUT2D eigenvalue weighted by molar-refractivity contribution is 5.90. The first-order chi connectivity index (χ1) is 9.83. The second kappa shape index (κ2) is 4.84. The number of rotatable bonds is 2. The van der Waals surface area contributed by atoms with Crippen LogP contribution in [0.15, 0.2) is 0 Å². The van der Waals surface area contributed by atoms with Crippen molar-refractivity contribution in [3.8, 4) is 0 Å². The molecule has 1 aromatic heterocycles. The minimum Gasteiger partial charge on any atom is -0.374 e. The van der Waals surface area contributed by atoms with E-state index in [2.05, 4.69) is 15.2 Å². The maximum atomic E-state index is 12.6. The number of nitrogens with one attached hydrogen (secondary N) is 1. The van der Waals surface area contributed by atoms with Crippen molar-refractivity contribution in [3.63, 3.8) is 0 Å². The van der Waals surface area contributed by atoms with Gasteiger partial charge in [-0.25, -0.2) is 4.98 Å². The van der Waals surface area contributed by atoms with Gasteiger partial charge in [-0.2, -0.15) is 0 Å². The number of fused-ring (bicyclic) bond motifs is 1. The van der Waals surface area contributed by atoms with Gasteiger partial charge in [-0.3, -0.25) is 9.89 Å². The zero-order chi connectivity index (χ0) is 13.5. The number of aromatic nitrogens is 3. The summed E-state index contributed by atoms with van der Waals surface area (Å²) in [5.74, 6) is 1.67. The van der Waals surface area contributed by atoms with Crippen molar-refractivity contribution in [2.24, 2.45) is 0 Å². The highest BCUT2D eigenvalue weighted by atomic mass is 16.5. The molecule has 0 radical (unpaired) electrons. The number of carbonyl (C=O) groups excluding carboxylic acids is 1. The monoisotopic (exact) mass is 276 g/mol. The van der Waals surface area contributed by atoms with Crippen LogP contribution < -0.4 is 0 Å². The first-order valence-electron chi connectivity index (χ1n) is 7.68. The quantitative estimate of drug-likeness (QED) is 0.888. The van der Waals surface area contributed by atoms with Crippen LogP contribution in [0.4, 0.5) is 0 Å². The second-order valence-electron chi connectivity index (χ2n) is 6.08. The smallest absolute Gasteiger partial charge is 0.293 e. The van der Waals surface area contributed by atoms with E-state index in [9.17, 15) is 4.79 Å². The molecular formula is C14H20N4O2. The van der Waals surface area contributed by atoms with Crippen LogP contribution >= 0.6 is 0 Å². The molecule has 2 unspecified atom stereocenters. The Bertz CT molecular complexity index is 509. The normalized spacial score (nSPS) is 30.1. The molecule has 6 heteroatoms. The molecule has 0 aromatic carbocycles. The second-order valence-corrected chi connectivity index (χ2v) is 6.08. The lowest BCUT2D eigenvalue weighted by atomic mass is 9.90. The summed E-state index contributed by atoms with van der Waals surface area (Å²) in [6.07, 6.45) is 7.01. The van der Waals surface area contributed by atoms with E-state index in [1.165, 1.54) is 12.8 Å². The van der Waals surface area contributed by atoms with E-state index in [1.54, 1.807) is 0 Å². The van der Waals surface area contributed by atoms with Gasteiger partial charge in [0.25, 0.3) is 5.91 Å². The number of ether oxygens (including phenoxy) is 1. The van der Waals surface area contributed by atoms with Crippen LogP contribution in [0, 0.1) is 0 Å². The van der Waals surface area contributed by atoms with E-state index in [-0.39, 0.29) is 18.1 Å². The molecule has 2 atom stereocenters. The number of hydrogen-bond acceptors (Lipinski definition) is 4.